The monoisotopic (exact) mass is 200 g/mol. The van der Waals surface area contributed by atoms with Crippen molar-refractivity contribution in [3.8, 4) is 5.75 Å². The van der Waals surface area contributed by atoms with Gasteiger partial charge >= 0.3 is 5.97 Å². The first-order valence-corrected chi connectivity index (χ1v) is 4.21. The summed E-state index contributed by atoms with van der Waals surface area (Å²) in [7, 11) is 0. The first-order chi connectivity index (χ1) is 6.06. The van der Waals surface area contributed by atoms with E-state index in [0.29, 0.717) is 11.1 Å². The number of aromatic carboxylic acids is 1. The lowest BCUT2D eigenvalue weighted by Gasteiger charge is -2.05. The zero-order valence-corrected chi connectivity index (χ0v) is 7.80. The number of hydrogen-bond donors (Lipinski definition) is 2. The second-order valence-corrected chi connectivity index (χ2v) is 3.01. The van der Waals surface area contributed by atoms with Gasteiger partial charge in [-0.1, -0.05) is 6.07 Å². The first kappa shape index (κ1) is 9.86. The smallest absolute Gasteiger partial charge is 0.339 e. The number of hydrogen-bond acceptors (Lipinski definition) is 2. The van der Waals surface area contributed by atoms with E-state index in [1.165, 1.54) is 6.07 Å². The Hall–Kier alpha value is -1.22. The van der Waals surface area contributed by atoms with Crippen molar-refractivity contribution in [1.82, 2.24) is 0 Å². The van der Waals surface area contributed by atoms with Gasteiger partial charge in [-0.15, -0.1) is 11.6 Å². The van der Waals surface area contributed by atoms with Gasteiger partial charge in [-0.05, 0) is 24.1 Å². The molecule has 0 aliphatic rings. The minimum atomic E-state index is -1.15. The highest BCUT2D eigenvalue weighted by atomic mass is 35.5. The molecule has 0 aliphatic heterocycles. The van der Waals surface area contributed by atoms with Gasteiger partial charge in [-0.2, -0.15) is 0 Å². The molecule has 0 heterocycles. The summed E-state index contributed by atoms with van der Waals surface area (Å²) in [6.45, 7) is 1.64. The zero-order valence-electron chi connectivity index (χ0n) is 7.04. The number of rotatable bonds is 2. The first-order valence-electron chi connectivity index (χ1n) is 3.68. The van der Waals surface area contributed by atoms with Crippen molar-refractivity contribution in [3.05, 3.63) is 28.8 Å². The van der Waals surface area contributed by atoms with Crippen LogP contribution in [0.5, 0.6) is 5.75 Å². The van der Waals surface area contributed by atoms with Crippen LogP contribution in [0, 0.1) is 6.92 Å². The molecular formula is C9H9ClO3. The van der Waals surface area contributed by atoms with E-state index in [9.17, 15) is 9.90 Å². The van der Waals surface area contributed by atoms with Crippen molar-refractivity contribution in [3.63, 3.8) is 0 Å². The number of halogens is 1. The van der Waals surface area contributed by atoms with Crippen LogP contribution in [-0.2, 0) is 5.88 Å². The molecule has 0 saturated heterocycles. The van der Waals surface area contributed by atoms with E-state index in [4.69, 9.17) is 16.7 Å². The number of carboxylic acid groups (broad SMARTS) is 1. The number of phenols is 1. The minimum Gasteiger partial charge on any atom is -0.507 e. The maximum atomic E-state index is 10.6. The molecule has 4 heteroatoms. The summed E-state index contributed by atoms with van der Waals surface area (Å²) in [5.41, 5.74) is 1.11. The Balaban J connectivity index is 3.33. The summed E-state index contributed by atoms with van der Waals surface area (Å²) in [5, 5.41) is 18.1. The van der Waals surface area contributed by atoms with E-state index >= 15 is 0 Å². The molecule has 3 nitrogen and oxygen atoms in total. The summed E-state index contributed by atoms with van der Waals surface area (Å²) in [6, 6.07) is 3.03. The Bertz CT molecular complexity index is 347. The zero-order chi connectivity index (χ0) is 10.0. The molecule has 0 aromatic heterocycles. The molecule has 1 aromatic rings. The van der Waals surface area contributed by atoms with Crippen LogP contribution in [0.4, 0.5) is 0 Å². The predicted octanol–water partition coefficient (Wildman–Crippen LogP) is 2.14. The van der Waals surface area contributed by atoms with Gasteiger partial charge in [0.15, 0.2) is 0 Å². The van der Waals surface area contributed by atoms with Crippen LogP contribution < -0.4 is 0 Å². The maximum Gasteiger partial charge on any atom is 0.339 e. The summed E-state index contributed by atoms with van der Waals surface area (Å²) < 4.78 is 0. The van der Waals surface area contributed by atoms with Crippen molar-refractivity contribution in [1.29, 1.82) is 0 Å². The highest BCUT2D eigenvalue weighted by Crippen LogP contribution is 2.24. The molecule has 1 aromatic carbocycles. The van der Waals surface area contributed by atoms with Gasteiger partial charge in [0, 0.05) is 5.88 Å². The topological polar surface area (TPSA) is 57.5 Å². The summed E-state index contributed by atoms with van der Waals surface area (Å²) in [4.78, 5) is 10.6. The summed E-state index contributed by atoms with van der Waals surface area (Å²) in [6.07, 6.45) is 0. The van der Waals surface area contributed by atoms with E-state index < -0.39 is 5.97 Å². The highest BCUT2D eigenvalue weighted by molar-refractivity contribution is 6.17. The molecule has 0 aliphatic carbocycles. The van der Waals surface area contributed by atoms with Crippen LogP contribution in [0.15, 0.2) is 12.1 Å². The number of alkyl halides is 1. The quantitative estimate of drug-likeness (QED) is 0.720. The minimum absolute atomic E-state index is 0.101. The number of carboxylic acids is 1. The average Bonchev–Trinajstić information content (AvgIpc) is 2.09. The number of aryl methyl sites for hydroxylation is 1. The summed E-state index contributed by atoms with van der Waals surface area (Å²) in [5.74, 6) is -1.10. The standard InChI is InChI=1S/C9H9ClO3/c1-5-2-6(4-10)3-7(8(5)11)9(12)13/h2-3,11H,4H2,1H3,(H,12,13). The lowest BCUT2D eigenvalue weighted by Crippen LogP contribution is -1.99. The average molecular weight is 201 g/mol. The largest absolute Gasteiger partial charge is 0.507 e. The van der Waals surface area contributed by atoms with Crippen molar-refractivity contribution in [2.24, 2.45) is 0 Å². The van der Waals surface area contributed by atoms with E-state index in [-0.39, 0.29) is 17.2 Å². The molecular weight excluding hydrogens is 192 g/mol. The Labute approximate surface area is 80.6 Å². The Morgan fingerprint density at radius 3 is 2.62 bits per heavy atom. The van der Waals surface area contributed by atoms with E-state index in [2.05, 4.69) is 0 Å². The van der Waals surface area contributed by atoms with E-state index in [0.717, 1.165) is 0 Å². The fourth-order valence-corrected chi connectivity index (χ4v) is 1.25. The molecule has 0 unspecified atom stereocenters. The third-order valence-corrected chi connectivity index (χ3v) is 2.05. The Morgan fingerprint density at radius 1 is 1.54 bits per heavy atom. The molecule has 0 atom stereocenters. The SMILES string of the molecule is Cc1cc(CCl)cc(C(=O)O)c1O. The fraction of sp³-hybridized carbons (Fsp3) is 0.222. The van der Waals surface area contributed by atoms with Gasteiger partial charge < -0.3 is 10.2 Å². The Morgan fingerprint density at radius 2 is 2.15 bits per heavy atom. The lowest BCUT2D eigenvalue weighted by atomic mass is 10.1. The van der Waals surface area contributed by atoms with Crippen LogP contribution >= 0.6 is 11.6 Å². The van der Waals surface area contributed by atoms with Crippen molar-refractivity contribution >= 4 is 17.6 Å². The van der Waals surface area contributed by atoms with Crippen LogP contribution in [0.3, 0.4) is 0 Å². The van der Waals surface area contributed by atoms with Gasteiger partial charge in [0.1, 0.15) is 11.3 Å². The van der Waals surface area contributed by atoms with E-state index in [1.807, 2.05) is 0 Å². The third-order valence-electron chi connectivity index (χ3n) is 1.74. The van der Waals surface area contributed by atoms with Crippen LogP contribution in [-0.4, -0.2) is 16.2 Å². The van der Waals surface area contributed by atoms with Gasteiger partial charge in [0.2, 0.25) is 0 Å². The van der Waals surface area contributed by atoms with E-state index in [1.54, 1.807) is 13.0 Å². The molecule has 70 valence electrons. The molecule has 0 bridgehead atoms. The number of aromatic hydroxyl groups is 1. The van der Waals surface area contributed by atoms with Gasteiger partial charge in [0.05, 0.1) is 0 Å². The second kappa shape index (κ2) is 3.66. The van der Waals surface area contributed by atoms with Crippen LogP contribution in [0.1, 0.15) is 21.5 Å². The number of carbonyl (C=O) groups is 1. The molecule has 0 saturated carbocycles. The lowest BCUT2D eigenvalue weighted by molar-refractivity contribution is 0.0693. The van der Waals surface area contributed by atoms with Gasteiger partial charge in [0.25, 0.3) is 0 Å². The fourth-order valence-electron chi connectivity index (χ4n) is 1.09. The van der Waals surface area contributed by atoms with Crippen molar-refractivity contribution in [2.45, 2.75) is 12.8 Å². The molecule has 13 heavy (non-hydrogen) atoms. The Kier molecular flexibility index (Phi) is 2.78. The van der Waals surface area contributed by atoms with Gasteiger partial charge in [-0.25, -0.2) is 4.79 Å². The maximum absolute atomic E-state index is 10.6. The van der Waals surface area contributed by atoms with Crippen LogP contribution in [0.25, 0.3) is 0 Å². The molecule has 0 fully saturated rings. The predicted molar refractivity (Wildman–Crippen MR) is 49.4 cm³/mol. The van der Waals surface area contributed by atoms with Crippen LogP contribution in [0.2, 0.25) is 0 Å². The van der Waals surface area contributed by atoms with Gasteiger partial charge in [-0.3, -0.25) is 0 Å². The highest BCUT2D eigenvalue weighted by Gasteiger charge is 2.12. The molecule has 2 N–H and O–H groups in total. The number of benzene rings is 1. The molecule has 1 rings (SSSR count). The normalized spacial score (nSPS) is 10.0. The van der Waals surface area contributed by atoms with Crippen molar-refractivity contribution in [2.75, 3.05) is 0 Å². The summed E-state index contributed by atoms with van der Waals surface area (Å²) >= 11 is 5.55. The molecule has 0 radical (unpaired) electrons. The molecule has 0 spiro atoms. The molecule has 0 amide bonds. The second-order valence-electron chi connectivity index (χ2n) is 2.75. The third kappa shape index (κ3) is 1.92. The van der Waals surface area contributed by atoms with Crippen molar-refractivity contribution < 1.29 is 15.0 Å².